The van der Waals surface area contributed by atoms with Crippen molar-refractivity contribution in [1.82, 2.24) is 0 Å². The molecule has 0 aromatic carbocycles. The lowest BCUT2D eigenvalue weighted by Crippen LogP contribution is -2.15. The summed E-state index contributed by atoms with van der Waals surface area (Å²) in [5.74, 6) is 2.94. The maximum atomic E-state index is 6.07. The van der Waals surface area contributed by atoms with E-state index in [2.05, 4.69) is 17.0 Å². The van der Waals surface area contributed by atoms with E-state index in [1.807, 2.05) is 13.0 Å². The van der Waals surface area contributed by atoms with Gasteiger partial charge in [0.25, 0.3) is 0 Å². The molecular weight excluding hydrogens is 248 g/mol. The number of dihydropyridines is 1. The van der Waals surface area contributed by atoms with Crippen molar-refractivity contribution < 1.29 is 4.74 Å². The Balaban J connectivity index is 2.58. The largest absolute Gasteiger partial charge is 0.486 e. The number of rotatable bonds is 5. The highest BCUT2D eigenvalue weighted by atomic mass is 35.5. The Labute approximate surface area is 113 Å². The molecule has 0 saturated carbocycles. The normalized spacial score (nSPS) is 18.0. The van der Waals surface area contributed by atoms with Gasteiger partial charge in [0.15, 0.2) is 0 Å². The van der Waals surface area contributed by atoms with Crippen molar-refractivity contribution in [3.05, 3.63) is 35.1 Å². The molecule has 0 aromatic rings. The summed E-state index contributed by atoms with van der Waals surface area (Å²) in [5.41, 5.74) is 6.50. The number of nitrogens with two attached hydrogens (primary N) is 1. The highest BCUT2D eigenvalue weighted by Gasteiger charge is 2.07. The van der Waals surface area contributed by atoms with E-state index in [4.69, 9.17) is 28.5 Å². The van der Waals surface area contributed by atoms with E-state index in [1.54, 1.807) is 12.2 Å². The Bertz CT molecular complexity index is 441. The third kappa shape index (κ3) is 4.79. The van der Waals surface area contributed by atoms with Crippen LogP contribution < -0.4 is 5.73 Å². The molecule has 0 amide bonds. The van der Waals surface area contributed by atoms with E-state index in [0.29, 0.717) is 17.4 Å². The summed E-state index contributed by atoms with van der Waals surface area (Å²) in [7, 11) is 0. The lowest BCUT2D eigenvalue weighted by Gasteiger charge is -2.11. The third-order valence-corrected chi connectivity index (χ3v) is 2.62. The van der Waals surface area contributed by atoms with Crippen LogP contribution in [0.3, 0.4) is 0 Å². The maximum absolute atomic E-state index is 6.07. The van der Waals surface area contributed by atoms with Gasteiger partial charge in [0.1, 0.15) is 12.4 Å². The van der Waals surface area contributed by atoms with Crippen LogP contribution in [0.1, 0.15) is 13.3 Å². The van der Waals surface area contributed by atoms with Gasteiger partial charge in [-0.2, -0.15) is 0 Å². The standard InChI is InChI=1S/C14H17ClN2O/c1-3-11(16)9-13(15)14(4-2)18-10-12-7-5-6-8-17-12/h1,4-5,7,9,11H,6,8,10,16H2,2H3/b13-9+,14-4+. The van der Waals surface area contributed by atoms with Crippen molar-refractivity contribution in [2.45, 2.75) is 19.4 Å². The Morgan fingerprint density at radius 2 is 2.56 bits per heavy atom. The molecule has 0 bridgehead atoms. The Kier molecular flexibility index (Phi) is 6.27. The van der Waals surface area contributed by atoms with Crippen LogP contribution in [-0.2, 0) is 4.74 Å². The Hall–Kier alpha value is -1.50. The number of nitrogens with zero attached hydrogens (tertiary/aromatic N) is 1. The molecule has 0 fully saturated rings. The number of ether oxygens (including phenoxy) is 1. The summed E-state index contributed by atoms with van der Waals surface area (Å²) in [5, 5.41) is 0.420. The van der Waals surface area contributed by atoms with E-state index < -0.39 is 6.04 Å². The topological polar surface area (TPSA) is 47.6 Å². The van der Waals surface area contributed by atoms with Crippen LogP contribution in [-0.4, -0.2) is 24.9 Å². The summed E-state index contributed by atoms with van der Waals surface area (Å²) in [6.45, 7) is 3.04. The highest BCUT2D eigenvalue weighted by molar-refractivity contribution is 6.31. The number of hydrogen-bond donors (Lipinski definition) is 1. The lowest BCUT2D eigenvalue weighted by atomic mass is 10.2. The first kappa shape index (κ1) is 14.6. The number of terminal acetylenes is 1. The molecule has 3 nitrogen and oxygen atoms in total. The van der Waals surface area contributed by atoms with Crippen molar-refractivity contribution in [2.75, 3.05) is 13.2 Å². The summed E-state index contributed by atoms with van der Waals surface area (Å²) in [4.78, 5) is 4.33. The van der Waals surface area contributed by atoms with Gasteiger partial charge in [-0.1, -0.05) is 23.6 Å². The van der Waals surface area contributed by atoms with Crippen LogP contribution in [0.15, 0.2) is 40.1 Å². The maximum Gasteiger partial charge on any atom is 0.133 e. The Morgan fingerprint density at radius 1 is 1.78 bits per heavy atom. The zero-order valence-electron chi connectivity index (χ0n) is 10.4. The number of halogens is 1. The second-order valence-electron chi connectivity index (χ2n) is 3.71. The van der Waals surface area contributed by atoms with Gasteiger partial charge >= 0.3 is 0 Å². The molecule has 1 rings (SSSR count). The molecule has 0 saturated heterocycles. The zero-order valence-corrected chi connectivity index (χ0v) is 11.2. The van der Waals surface area contributed by atoms with Gasteiger partial charge in [-0.3, -0.25) is 4.99 Å². The van der Waals surface area contributed by atoms with E-state index >= 15 is 0 Å². The van der Waals surface area contributed by atoms with Gasteiger partial charge in [0.2, 0.25) is 0 Å². The first-order chi connectivity index (χ1) is 8.67. The van der Waals surface area contributed by atoms with Crippen LogP contribution >= 0.6 is 11.6 Å². The van der Waals surface area contributed by atoms with Gasteiger partial charge in [-0.15, -0.1) is 6.42 Å². The number of allylic oxidation sites excluding steroid dienone is 2. The average molecular weight is 265 g/mol. The van der Waals surface area contributed by atoms with Gasteiger partial charge in [0, 0.05) is 6.54 Å². The molecule has 1 atom stereocenters. The first-order valence-electron chi connectivity index (χ1n) is 5.75. The van der Waals surface area contributed by atoms with E-state index in [1.165, 1.54) is 0 Å². The molecule has 2 N–H and O–H groups in total. The van der Waals surface area contributed by atoms with Crippen LogP contribution in [0.5, 0.6) is 0 Å². The molecule has 0 spiro atoms. The number of hydrogen-bond acceptors (Lipinski definition) is 3. The fourth-order valence-electron chi connectivity index (χ4n) is 1.38. The number of aliphatic imine (C=N–C) groups is 1. The van der Waals surface area contributed by atoms with Gasteiger partial charge in [0.05, 0.1) is 16.8 Å². The molecule has 1 heterocycles. The predicted octanol–water partition coefficient (Wildman–Crippen LogP) is 2.39. The van der Waals surface area contributed by atoms with Crippen molar-refractivity contribution in [3.63, 3.8) is 0 Å². The molecule has 18 heavy (non-hydrogen) atoms. The Morgan fingerprint density at radius 3 is 3.11 bits per heavy atom. The third-order valence-electron chi connectivity index (χ3n) is 2.31. The minimum atomic E-state index is -0.511. The molecule has 1 aliphatic rings. The highest BCUT2D eigenvalue weighted by Crippen LogP contribution is 2.17. The van der Waals surface area contributed by atoms with Crippen LogP contribution in [0.2, 0.25) is 0 Å². The fourth-order valence-corrected chi connectivity index (χ4v) is 1.68. The second-order valence-corrected chi connectivity index (χ2v) is 4.12. The summed E-state index contributed by atoms with van der Waals surface area (Å²) in [6.07, 6.45) is 13.6. The van der Waals surface area contributed by atoms with Gasteiger partial charge < -0.3 is 10.5 Å². The molecule has 0 aliphatic carbocycles. The minimum absolute atomic E-state index is 0.394. The van der Waals surface area contributed by atoms with Crippen molar-refractivity contribution in [2.24, 2.45) is 10.7 Å². The van der Waals surface area contributed by atoms with Crippen molar-refractivity contribution in [1.29, 1.82) is 0 Å². The van der Waals surface area contributed by atoms with Gasteiger partial charge in [-0.25, -0.2) is 0 Å². The summed E-state index contributed by atoms with van der Waals surface area (Å²) in [6, 6.07) is -0.511. The van der Waals surface area contributed by atoms with E-state index in [0.717, 1.165) is 18.7 Å². The summed E-state index contributed by atoms with van der Waals surface area (Å²) < 4.78 is 5.59. The average Bonchev–Trinajstić information content (AvgIpc) is 2.40. The van der Waals surface area contributed by atoms with Crippen LogP contribution in [0, 0.1) is 12.3 Å². The SMILES string of the molecule is C#CC(N)/C=C(Cl)\C(=C/C)OCC1=NCCC=C1. The molecule has 4 heteroatoms. The zero-order chi connectivity index (χ0) is 13.4. The molecular formula is C14H17ClN2O. The van der Waals surface area contributed by atoms with E-state index in [9.17, 15) is 0 Å². The van der Waals surface area contributed by atoms with Crippen LogP contribution in [0.4, 0.5) is 0 Å². The molecule has 0 aromatic heterocycles. The molecule has 1 unspecified atom stereocenters. The summed E-state index contributed by atoms with van der Waals surface area (Å²) >= 11 is 6.07. The van der Waals surface area contributed by atoms with Gasteiger partial charge in [-0.05, 0) is 31.6 Å². The molecule has 1 aliphatic heterocycles. The molecule has 0 radical (unpaired) electrons. The second kappa shape index (κ2) is 7.75. The predicted molar refractivity (Wildman–Crippen MR) is 76.5 cm³/mol. The van der Waals surface area contributed by atoms with Crippen molar-refractivity contribution >= 4 is 17.3 Å². The monoisotopic (exact) mass is 264 g/mol. The first-order valence-corrected chi connectivity index (χ1v) is 6.13. The lowest BCUT2D eigenvalue weighted by molar-refractivity contribution is 0.271. The quantitative estimate of drug-likeness (QED) is 0.471. The molecule has 96 valence electrons. The minimum Gasteiger partial charge on any atom is -0.486 e. The van der Waals surface area contributed by atoms with Crippen molar-refractivity contribution in [3.8, 4) is 12.3 Å². The smallest absolute Gasteiger partial charge is 0.133 e. The van der Waals surface area contributed by atoms with E-state index in [-0.39, 0.29) is 0 Å². The fraction of sp³-hybridized carbons (Fsp3) is 0.357. The van der Waals surface area contributed by atoms with Crippen LogP contribution in [0.25, 0.3) is 0 Å².